The number of rotatable bonds is 0. The van der Waals surface area contributed by atoms with E-state index in [-0.39, 0.29) is 24.3 Å². The van der Waals surface area contributed by atoms with Gasteiger partial charge >= 0.3 is 0 Å². The van der Waals surface area contributed by atoms with Gasteiger partial charge in [0, 0.05) is 0 Å². The molecular formula is C6H7NO3. The molecule has 0 saturated carbocycles. The van der Waals surface area contributed by atoms with Gasteiger partial charge in [-0.05, 0) is 0 Å². The zero-order valence-corrected chi connectivity index (χ0v) is 5.37. The second kappa shape index (κ2) is 1.79. The first-order valence-electron chi connectivity index (χ1n) is 3.19. The molecule has 2 aliphatic heterocycles. The minimum Gasteiger partial charge on any atom is -0.353 e. The number of β-lactam (4-membered cyclic amide) rings is 1. The molecule has 0 N–H and O–H groups in total. The molecule has 0 radical (unpaired) electrons. The molecule has 4 nitrogen and oxygen atoms in total. The summed E-state index contributed by atoms with van der Waals surface area (Å²) in [5.74, 6) is 0.0592. The molecule has 0 aliphatic carbocycles. The van der Waals surface area contributed by atoms with Crippen molar-refractivity contribution in [3.05, 3.63) is 0 Å². The molecule has 1 atom stereocenters. The fourth-order valence-electron chi connectivity index (χ4n) is 1.24. The molecule has 2 saturated heterocycles. The number of Topliss-reactive ketones (excluding diaryl/α,β-unsaturated/α-hetero) is 1. The summed E-state index contributed by atoms with van der Waals surface area (Å²) in [6, 6.07) is -0.152. The molecule has 0 aromatic rings. The van der Waals surface area contributed by atoms with E-state index in [4.69, 9.17) is 4.74 Å². The predicted molar refractivity (Wildman–Crippen MR) is 31.1 cm³/mol. The molecule has 10 heavy (non-hydrogen) atoms. The summed E-state index contributed by atoms with van der Waals surface area (Å²) in [7, 11) is 0. The Morgan fingerprint density at radius 2 is 2.30 bits per heavy atom. The summed E-state index contributed by atoms with van der Waals surface area (Å²) in [4.78, 5) is 23.1. The van der Waals surface area contributed by atoms with E-state index in [1.54, 1.807) is 0 Å². The van der Waals surface area contributed by atoms with E-state index >= 15 is 0 Å². The van der Waals surface area contributed by atoms with Gasteiger partial charge in [0.05, 0.1) is 6.42 Å². The molecule has 2 heterocycles. The molecule has 0 bridgehead atoms. The Kier molecular flexibility index (Phi) is 1.05. The van der Waals surface area contributed by atoms with Crippen LogP contribution >= 0.6 is 0 Å². The molecule has 2 fully saturated rings. The van der Waals surface area contributed by atoms with Crippen LogP contribution in [0.15, 0.2) is 0 Å². The minimum atomic E-state index is -0.152. The van der Waals surface area contributed by atoms with Gasteiger partial charge in [-0.15, -0.1) is 0 Å². The van der Waals surface area contributed by atoms with E-state index in [1.807, 2.05) is 0 Å². The second-order valence-corrected chi connectivity index (χ2v) is 2.53. The summed E-state index contributed by atoms with van der Waals surface area (Å²) in [6.45, 7) is 0.476. The lowest BCUT2D eigenvalue weighted by Crippen LogP contribution is -2.61. The first-order chi connectivity index (χ1) is 4.79. The number of hydrogen-bond donors (Lipinski definition) is 0. The number of amides is 1. The normalized spacial score (nSPS) is 31.6. The summed E-state index contributed by atoms with van der Waals surface area (Å²) >= 11 is 0. The maximum absolute atomic E-state index is 10.9. The Labute approximate surface area is 57.7 Å². The van der Waals surface area contributed by atoms with Crippen molar-refractivity contribution in [2.45, 2.75) is 12.5 Å². The van der Waals surface area contributed by atoms with Crippen LogP contribution in [0.5, 0.6) is 0 Å². The van der Waals surface area contributed by atoms with Gasteiger partial charge in [0.1, 0.15) is 19.4 Å². The van der Waals surface area contributed by atoms with E-state index in [0.717, 1.165) is 0 Å². The molecule has 2 rings (SSSR count). The average Bonchev–Trinajstić information content (AvgIpc) is 1.91. The third-order valence-corrected chi connectivity index (χ3v) is 1.91. The van der Waals surface area contributed by atoms with Crippen LogP contribution in [0.4, 0.5) is 0 Å². The number of carbonyl (C=O) groups excluding carboxylic acids is 2. The van der Waals surface area contributed by atoms with Crippen LogP contribution in [0, 0.1) is 0 Å². The Morgan fingerprint density at radius 1 is 1.50 bits per heavy atom. The molecule has 1 amide bonds. The molecule has 54 valence electrons. The van der Waals surface area contributed by atoms with Gasteiger partial charge in [0.2, 0.25) is 5.91 Å². The van der Waals surface area contributed by atoms with Crippen LogP contribution in [-0.2, 0) is 14.3 Å². The quantitative estimate of drug-likeness (QED) is 0.412. The monoisotopic (exact) mass is 141 g/mol. The third-order valence-electron chi connectivity index (χ3n) is 1.91. The summed E-state index contributed by atoms with van der Waals surface area (Å²) in [5.41, 5.74) is 0. The van der Waals surface area contributed by atoms with Gasteiger partial charge < -0.3 is 9.64 Å². The Balaban J connectivity index is 2.12. The van der Waals surface area contributed by atoms with Gasteiger partial charge in [-0.25, -0.2) is 0 Å². The van der Waals surface area contributed by atoms with Crippen LogP contribution in [0.25, 0.3) is 0 Å². The average molecular weight is 141 g/mol. The van der Waals surface area contributed by atoms with Crippen LogP contribution < -0.4 is 0 Å². The lowest BCUT2D eigenvalue weighted by Gasteiger charge is -2.41. The van der Waals surface area contributed by atoms with Crippen molar-refractivity contribution < 1.29 is 14.3 Å². The minimum absolute atomic E-state index is 0.0260. The SMILES string of the molecule is O=C1COCN2C(=O)CC12. The lowest BCUT2D eigenvalue weighted by molar-refractivity contribution is -0.172. The lowest BCUT2D eigenvalue weighted by atomic mass is 9.98. The predicted octanol–water partition coefficient (Wildman–Crippen LogP) is -0.856. The van der Waals surface area contributed by atoms with Crippen LogP contribution in [0.3, 0.4) is 0 Å². The van der Waals surface area contributed by atoms with Crippen molar-refractivity contribution in [2.24, 2.45) is 0 Å². The molecule has 0 aromatic carbocycles. The van der Waals surface area contributed by atoms with E-state index in [1.165, 1.54) is 4.90 Å². The molecular weight excluding hydrogens is 134 g/mol. The Morgan fingerprint density at radius 3 is 2.90 bits per heavy atom. The number of carbonyl (C=O) groups is 2. The highest BCUT2D eigenvalue weighted by atomic mass is 16.5. The van der Waals surface area contributed by atoms with Gasteiger partial charge in [-0.3, -0.25) is 9.59 Å². The highest BCUT2D eigenvalue weighted by molar-refractivity contribution is 5.99. The number of ether oxygens (including phenoxy) is 1. The van der Waals surface area contributed by atoms with Crippen LogP contribution in [0.2, 0.25) is 0 Å². The highest BCUT2D eigenvalue weighted by Gasteiger charge is 2.43. The van der Waals surface area contributed by atoms with Gasteiger partial charge in [-0.2, -0.15) is 0 Å². The zero-order chi connectivity index (χ0) is 7.14. The maximum Gasteiger partial charge on any atom is 0.227 e. The maximum atomic E-state index is 10.9. The van der Waals surface area contributed by atoms with E-state index in [0.29, 0.717) is 13.2 Å². The standard InChI is InChI=1S/C6H7NO3/c8-5-2-10-3-7-4(5)1-6(7)9/h4H,1-3H2. The molecule has 0 aromatic heterocycles. The Bertz CT molecular complexity index is 201. The van der Waals surface area contributed by atoms with Gasteiger partial charge in [0.15, 0.2) is 5.78 Å². The summed E-state index contributed by atoms with van der Waals surface area (Å²) in [5, 5.41) is 0. The van der Waals surface area contributed by atoms with Crippen molar-refractivity contribution in [3.63, 3.8) is 0 Å². The van der Waals surface area contributed by atoms with Crippen molar-refractivity contribution in [2.75, 3.05) is 13.3 Å². The van der Waals surface area contributed by atoms with Crippen molar-refractivity contribution >= 4 is 11.7 Å². The zero-order valence-electron chi connectivity index (χ0n) is 5.37. The number of ketones is 1. The first-order valence-corrected chi connectivity index (χ1v) is 3.19. The Hall–Kier alpha value is -0.900. The molecule has 2 aliphatic rings. The van der Waals surface area contributed by atoms with E-state index in [9.17, 15) is 9.59 Å². The summed E-state index contributed by atoms with van der Waals surface area (Å²) in [6.07, 6.45) is 0.391. The van der Waals surface area contributed by atoms with Gasteiger partial charge in [-0.1, -0.05) is 0 Å². The smallest absolute Gasteiger partial charge is 0.227 e. The van der Waals surface area contributed by atoms with Crippen LogP contribution in [-0.4, -0.2) is 36.0 Å². The molecule has 0 spiro atoms. The van der Waals surface area contributed by atoms with Crippen LogP contribution in [0.1, 0.15) is 6.42 Å². The molecule has 4 heteroatoms. The number of fused-ring (bicyclic) bond motifs is 1. The first kappa shape index (κ1) is 5.85. The third kappa shape index (κ3) is 0.593. The highest BCUT2D eigenvalue weighted by Crippen LogP contribution is 2.22. The van der Waals surface area contributed by atoms with E-state index in [2.05, 4.69) is 0 Å². The topological polar surface area (TPSA) is 46.6 Å². The molecule has 1 unspecified atom stereocenters. The van der Waals surface area contributed by atoms with E-state index < -0.39 is 0 Å². The fourth-order valence-corrected chi connectivity index (χ4v) is 1.24. The largest absolute Gasteiger partial charge is 0.353 e. The van der Waals surface area contributed by atoms with Crippen molar-refractivity contribution in [3.8, 4) is 0 Å². The second-order valence-electron chi connectivity index (χ2n) is 2.53. The number of nitrogens with zero attached hydrogens (tertiary/aromatic N) is 1. The van der Waals surface area contributed by atoms with Gasteiger partial charge in [0.25, 0.3) is 0 Å². The fraction of sp³-hybridized carbons (Fsp3) is 0.667. The van der Waals surface area contributed by atoms with Crippen molar-refractivity contribution in [1.82, 2.24) is 4.90 Å². The van der Waals surface area contributed by atoms with Crippen molar-refractivity contribution in [1.29, 1.82) is 0 Å². The number of hydrogen-bond acceptors (Lipinski definition) is 3. The summed E-state index contributed by atoms with van der Waals surface area (Å²) < 4.78 is 4.84.